The Morgan fingerprint density at radius 2 is 0.553 bits per heavy atom. The average Bonchev–Trinajstić information content (AvgIpc) is 1.39. The van der Waals surface area contributed by atoms with Gasteiger partial charge in [-0.2, -0.15) is 0 Å². The maximum Gasteiger partial charge on any atom is 0.498 e. The Labute approximate surface area is 549 Å². The van der Waals surface area contributed by atoms with E-state index in [4.69, 9.17) is 56.2 Å². The smallest absolute Gasteiger partial charge is 0.496 e. The van der Waals surface area contributed by atoms with Crippen LogP contribution in [0.25, 0.3) is 65.3 Å². The topological polar surface area (TPSA) is 111 Å². The predicted octanol–water partition coefficient (Wildman–Crippen LogP) is 13.3. The fourth-order valence-electron chi connectivity index (χ4n) is 18.7. The molecule has 0 N–H and O–H groups in total. The van der Waals surface area contributed by atoms with E-state index in [1.165, 1.54) is 22.3 Å². The summed E-state index contributed by atoms with van der Waals surface area (Å²) in [5.74, 6) is 2.65. The minimum atomic E-state index is -0.784. The second kappa shape index (κ2) is 20.0. The van der Waals surface area contributed by atoms with Gasteiger partial charge in [-0.3, -0.25) is 0 Å². The number of fused-ring (bicyclic) bond motifs is 4. The van der Waals surface area contributed by atoms with E-state index in [0.717, 1.165) is 109 Å². The van der Waals surface area contributed by atoms with Crippen LogP contribution in [0.4, 0.5) is 0 Å². The molecule has 8 atom stereocenters. The van der Waals surface area contributed by atoms with Crippen molar-refractivity contribution in [2.24, 2.45) is 0 Å². The summed E-state index contributed by atoms with van der Waals surface area (Å²) >= 11 is 0. The Bertz CT molecular complexity index is 4660. The number of rotatable bonds is 6. The summed E-state index contributed by atoms with van der Waals surface area (Å²) in [6, 6.07) is 52.3. The quantitative estimate of drug-likeness (QED) is 0.148. The zero-order valence-corrected chi connectivity index (χ0v) is 55.1. The van der Waals surface area contributed by atoms with Gasteiger partial charge < -0.3 is 56.2 Å². The number of benzene rings is 10. The Morgan fingerprint density at radius 1 is 0.319 bits per heavy atom. The number of ether oxygens (including phenoxy) is 4. The molecule has 4 aliphatic carbocycles. The predicted molar refractivity (Wildman–Crippen MR) is 371 cm³/mol. The summed E-state index contributed by atoms with van der Waals surface area (Å²) < 4.78 is 87.1. The molecule has 16 heteroatoms. The molecule has 0 aromatic heterocycles. The van der Waals surface area contributed by atoms with Crippen LogP contribution in [-0.4, -0.2) is 80.3 Å². The van der Waals surface area contributed by atoms with Gasteiger partial charge in [0, 0.05) is 65.8 Å². The van der Waals surface area contributed by atoms with Crippen LogP contribution in [0.2, 0.25) is 0 Å². The van der Waals surface area contributed by atoms with Gasteiger partial charge >= 0.3 is 28.5 Å². The lowest BCUT2D eigenvalue weighted by Crippen LogP contribution is -2.39. The highest BCUT2D eigenvalue weighted by molar-refractivity contribution is 6.66. The standard InChI is InChI=1S/C78H72B4O12/c1-13-85-69-57-33-41-25-17-21-29-45(41)61(69)62-46-30-22-18-26-42(46)34-58(70(62)86-14-2)82-90-66-50-38-52-48(36-54(50)78(9,10)74(66)94-82)64-72(76(52,5)6)92-80(88-64)56-32-40-24-16-20-28-44(40)60(68(56)84-12)59-43-27-19-15-23-39(43)31-55(67(59)83-11)79-87-63-47-35-53-49(37-51(47)75(3,4)71(63)91-79)65-73(77(53,7)8)93-81(57)89-65/h15-38,63-66,71-74H,13-14H2,1-12H3/t63-,64-,65-,66-,71-,72-,73-,74-/m0/s1. The highest BCUT2D eigenvalue weighted by atomic mass is 16.7. The molecular formula is C78H72B4O12. The van der Waals surface area contributed by atoms with E-state index in [0.29, 0.717) is 36.2 Å². The molecule has 0 radical (unpaired) electrons. The minimum Gasteiger partial charge on any atom is -0.496 e. The lowest BCUT2D eigenvalue weighted by molar-refractivity contribution is 0.113. The van der Waals surface area contributed by atoms with Crippen LogP contribution >= 0.6 is 0 Å². The van der Waals surface area contributed by atoms with E-state index < -0.39 is 50.1 Å². The normalized spacial score (nSPS) is 25.2. The Hall–Kier alpha value is -7.62. The maximum absolute atomic E-state index is 7.46. The van der Waals surface area contributed by atoms with Crippen LogP contribution in [0, 0.1) is 0 Å². The molecule has 4 saturated heterocycles. The summed E-state index contributed by atoms with van der Waals surface area (Å²) in [7, 11) is 0.361. The third kappa shape index (κ3) is 7.57. The molecule has 4 fully saturated rings. The lowest BCUT2D eigenvalue weighted by atomic mass is 9.72. The lowest BCUT2D eigenvalue weighted by Gasteiger charge is -2.29. The monoisotopic (exact) mass is 1240 g/mol. The fourth-order valence-corrected chi connectivity index (χ4v) is 18.7. The van der Waals surface area contributed by atoms with Gasteiger partial charge in [0.15, 0.2) is 0 Å². The third-order valence-corrected chi connectivity index (χ3v) is 23.2. The van der Waals surface area contributed by atoms with E-state index in [1.54, 1.807) is 14.2 Å². The van der Waals surface area contributed by atoms with Crippen LogP contribution in [0.15, 0.2) is 146 Å². The molecule has 0 unspecified atom stereocenters. The summed E-state index contributed by atoms with van der Waals surface area (Å²) in [6.45, 7) is 23.1. The van der Waals surface area contributed by atoms with E-state index in [9.17, 15) is 0 Å². The molecule has 21 aliphatic rings. The van der Waals surface area contributed by atoms with Gasteiger partial charge in [0.25, 0.3) is 0 Å². The molecule has 468 valence electrons. The first-order chi connectivity index (χ1) is 45.4. The highest BCUT2D eigenvalue weighted by Gasteiger charge is 2.63. The van der Waals surface area contributed by atoms with Gasteiger partial charge in [0.2, 0.25) is 0 Å². The van der Waals surface area contributed by atoms with Gasteiger partial charge in [0.05, 0.1) is 76.3 Å². The van der Waals surface area contributed by atoms with Crippen molar-refractivity contribution in [2.45, 2.75) is 140 Å². The molecule has 94 heavy (non-hydrogen) atoms. The van der Waals surface area contributed by atoms with E-state index in [-0.39, 0.29) is 48.8 Å². The van der Waals surface area contributed by atoms with Crippen molar-refractivity contribution in [3.63, 3.8) is 0 Å². The largest absolute Gasteiger partial charge is 0.498 e. The van der Waals surface area contributed by atoms with Crippen molar-refractivity contribution < 1.29 is 56.2 Å². The van der Waals surface area contributed by atoms with Crippen LogP contribution in [-0.2, 0) is 58.9 Å². The Morgan fingerprint density at radius 3 is 0.798 bits per heavy atom. The van der Waals surface area contributed by atoms with Crippen molar-refractivity contribution in [3.8, 4) is 45.3 Å². The maximum atomic E-state index is 7.46. The first-order valence-corrected chi connectivity index (χ1v) is 33.6. The van der Waals surface area contributed by atoms with Crippen molar-refractivity contribution in [1.29, 1.82) is 0 Å². The van der Waals surface area contributed by atoms with Gasteiger partial charge in [-0.25, -0.2) is 0 Å². The molecule has 0 spiro atoms. The highest BCUT2D eigenvalue weighted by Crippen LogP contribution is 2.62. The molecule has 0 amide bonds. The summed E-state index contributed by atoms with van der Waals surface area (Å²) in [6.07, 6.45) is -2.89. The summed E-state index contributed by atoms with van der Waals surface area (Å²) in [5.41, 5.74) is 13.9. The SMILES string of the molecule is CCOc1c2cc3ccccc3c1-c1c(OCC)c(cc3ccccc13)B1O[C@H]3c4cc5c(cc4C(C)(C)[C@H]3O1)[C@@H]1OB(O[C@@H]1C5(C)C)c1cc3ccccc3c(c1OC)-c1c(OC)c(cc3ccccc13)B1O[C@H]3c4cc5c(cc4C(C)(C)[C@H]3O1)[C@@H]1OB2O[C@@H]1C5(C)C. The van der Waals surface area contributed by atoms with Gasteiger partial charge in [-0.15, -0.1) is 0 Å². The molecule has 12 nitrogen and oxygen atoms in total. The van der Waals surface area contributed by atoms with Crippen molar-refractivity contribution >= 4 is 93.4 Å². The molecule has 10 aromatic carbocycles. The zero-order valence-electron chi connectivity index (χ0n) is 55.1. The molecule has 17 heterocycles. The zero-order chi connectivity index (χ0) is 64.0. The van der Waals surface area contributed by atoms with Crippen LogP contribution in [0.1, 0.15) is 138 Å². The molecule has 31 rings (SSSR count). The van der Waals surface area contributed by atoms with Gasteiger partial charge in [-0.05, 0) is 101 Å². The minimum absolute atomic E-state index is 0.335. The van der Waals surface area contributed by atoms with E-state index in [2.05, 4.69) is 201 Å². The van der Waals surface area contributed by atoms with Crippen molar-refractivity contribution in [3.05, 3.63) is 190 Å². The Balaban J connectivity index is 0.836. The molecule has 17 aliphatic heterocycles. The fraction of sp³-hybridized carbons (Fsp3) is 0.333. The van der Waals surface area contributed by atoms with Crippen LogP contribution in [0.5, 0.6) is 23.0 Å². The van der Waals surface area contributed by atoms with E-state index in [1.807, 2.05) is 13.8 Å². The molecule has 28 bridgehead atoms. The third-order valence-electron chi connectivity index (χ3n) is 23.2. The van der Waals surface area contributed by atoms with Crippen molar-refractivity contribution in [2.75, 3.05) is 27.4 Å². The Kier molecular flexibility index (Phi) is 12.3. The van der Waals surface area contributed by atoms with Crippen LogP contribution < -0.4 is 40.8 Å². The molecule has 10 aromatic rings. The second-order valence-electron chi connectivity index (χ2n) is 29.6. The summed E-state index contributed by atoms with van der Waals surface area (Å²) in [5, 5.41) is 8.06. The molecular weight excluding hydrogens is 1170 g/mol. The average molecular weight is 1240 g/mol. The first kappa shape index (κ1) is 57.8. The number of hydrogen-bond donors (Lipinski definition) is 0. The molecule has 0 saturated carbocycles. The first-order valence-electron chi connectivity index (χ1n) is 33.6. The second-order valence-corrected chi connectivity index (χ2v) is 29.6. The number of methoxy groups -OCH3 is 2. The van der Waals surface area contributed by atoms with Crippen molar-refractivity contribution in [1.82, 2.24) is 0 Å². The van der Waals surface area contributed by atoms with E-state index >= 15 is 0 Å². The number of hydrogen-bond acceptors (Lipinski definition) is 12. The summed E-state index contributed by atoms with van der Waals surface area (Å²) in [4.78, 5) is 0. The van der Waals surface area contributed by atoms with Gasteiger partial charge in [-0.1, -0.05) is 201 Å². The van der Waals surface area contributed by atoms with Gasteiger partial charge in [0.1, 0.15) is 23.0 Å². The van der Waals surface area contributed by atoms with Crippen LogP contribution in [0.3, 0.4) is 0 Å².